The minimum atomic E-state index is -3.35. The zero-order valence-electron chi connectivity index (χ0n) is 16.5. The normalized spacial score (nSPS) is 11.9. The summed E-state index contributed by atoms with van der Waals surface area (Å²) in [6.07, 6.45) is 12.6. The predicted molar refractivity (Wildman–Crippen MR) is 109 cm³/mol. The lowest BCUT2D eigenvalue weighted by Gasteiger charge is -2.06. The first-order valence-electron chi connectivity index (χ1n) is 10.2. The molecule has 0 unspecified atom stereocenters. The monoisotopic (exact) mass is 404 g/mol. The van der Waals surface area contributed by atoms with Gasteiger partial charge in [0.15, 0.2) is 0 Å². The van der Waals surface area contributed by atoms with E-state index in [0.29, 0.717) is 13.0 Å². The number of unbranched alkanes of at least 4 members (excludes halogenated alkanes) is 8. The number of nitrogens with zero attached hydrogens (tertiary/aromatic N) is 4. The minimum absolute atomic E-state index is 0.0334. The van der Waals surface area contributed by atoms with E-state index in [9.17, 15) is 8.42 Å². The lowest BCUT2D eigenvalue weighted by atomic mass is 10.1. The SMILES string of the molecule is CCCCCSCCCCCCCCn1nnnc1S(=O)(=O)CCCC. The summed E-state index contributed by atoms with van der Waals surface area (Å²) in [6, 6.07) is 0. The summed E-state index contributed by atoms with van der Waals surface area (Å²) in [6.45, 7) is 4.81. The predicted octanol–water partition coefficient (Wildman–Crippen LogP) is 4.51. The second kappa shape index (κ2) is 14.4. The molecule has 1 heterocycles. The molecule has 1 aromatic heterocycles. The van der Waals surface area contributed by atoms with E-state index >= 15 is 0 Å². The van der Waals surface area contributed by atoms with Crippen LogP contribution >= 0.6 is 11.8 Å². The van der Waals surface area contributed by atoms with E-state index < -0.39 is 9.84 Å². The molecule has 0 fully saturated rings. The van der Waals surface area contributed by atoms with Crippen LogP contribution in [0, 0.1) is 0 Å². The maximum atomic E-state index is 12.2. The fraction of sp³-hybridized carbons (Fsp3) is 0.944. The number of aryl methyl sites for hydroxylation is 1. The van der Waals surface area contributed by atoms with Crippen LogP contribution in [0.1, 0.15) is 84.5 Å². The molecule has 26 heavy (non-hydrogen) atoms. The molecule has 0 amide bonds. The van der Waals surface area contributed by atoms with Gasteiger partial charge in [-0.2, -0.15) is 11.8 Å². The van der Waals surface area contributed by atoms with Gasteiger partial charge >= 0.3 is 0 Å². The van der Waals surface area contributed by atoms with E-state index in [1.807, 2.05) is 6.92 Å². The number of sulfone groups is 1. The highest BCUT2D eigenvalue weighted by atomic mass is 32.2. The highest BCUT2D eigenvalue weighted by Gasteiger charge is 2.21. The molecule has 0 spiro atoms. The first-order valence-corrected chi connectivity index (χ1v) is 13.0. The second-order valence-electron chi connectivity index (χ2n) is 6.80. The third kappa shape index (κ3) is 9.90. The van der Waals surface area contributed by atoms with Crippen LogP contribution in [0.2, 0.25) is 0 Å². The molecule has 1 aromatic rings. The molecule has 0 aliphatic carbocycles. The molecule has 0 radical (unpaired) electrons. The average molecular weight is 405 g/mol. The summed E-state index contributed by atoms with van der Waals surface area (Å²) >= 11 is 2.09. The molecule has 0 N–H and O–H groups in total. The maximum Gasteiger partial charge on any atom is 0.267 e. The Balaban J connectivity index is 2.10. The highest BCUT2D eigenvalue weighted by molar-refractivity contribution is 7.99. The van der Waals surface area contributed by atoms with E-state index in [0.717, 1.165) is 19.3 Å². The summed E-state index contributed by atoms with van der Waals surface area (Å²) < 4.78 is 25.9. The molecule has 0 bridgehead atoms. The van der Waals surface area contributed by atoms with Gasteiger partial charge in [-0.05, 0) is 47.6 Å². The molecule has 0 atom stereocenters. The maximum absolute atomic E-state index is 12.2. The number of aromatic nitrogens is 4. The Labute approximate surface area is 163 Å². The van der Waals surface area contributed by atoms with Crippen molar-refractivity contribution >= 4 is 21.6 Å². The summed E-state index contributed by atoms with van der Waals surface area (Å²) in [5.74, 6) is 2.72. The molecule has 0 saturated heterocycles. The van der Waals surface area contributed by atoms with Gasteiger partial charge in [0.1, 0.15) is 0 Å². The van der Waals surface area contributed by atoms with Crippen molar-refractivity contribution in [3.8, 4) is 0 Å². The highest BCUT2D eigenvalue weighted by Crippen LogP contribution is 2.13. The lowest BCUT2D eigenvalue weighted by Crippen LogP contribution is -2.15. The molecule has 6 nitrogen and oxygen atoms in total. The van der Waals surface area contributed by atoms with Gasteiger partial charge in [-0.25, -0.2) is 13.1 Å². The van der Waals surface area contributed by atoms with Crippen LogP contribution in [-0.2, 0) is 16.4 Å². The molecule has 8 heteroatoms. The standard InChI is InChI=1S/C18H36N4O2S2/c1-3-5-12-15-25-16-13-10-8-7-9-11-14-22-18(19-20-21-22)26(23,24)17-6-4-2/h3-17H2,1-2H3. The smallest absolute Gasteiger partial charge is 0.220 e. The van der Waals surface area contributed by atoms with Gasteiger partial charge in [-0.15, -0.1) is 0 Å². The van der Waals surface area contributed by atoms with Gasteiger partial charge in [-0.3, -0.25) is 0 Å². The van der Waals surface area contributed by atoms with Crippen molar-refractivity contribution in [1.29, 1.82) is 0 Å². The quantitative estimate of drug-likeness (QED) is 0.355. The molecule has 0 saturated carbocycles. The van der Waals surface area contributed by atoms with Crippen LogP contribution in [0.3, 0.4) is 0 Å². The summed E-state index contributed by atoms with van der Waals surface area (Å²) in [5, 5.41) is 11.2. The van der Waals surface area contributed by atoms with Crippen molar-refractivity contribution in [1.82, 2.24) is 20.2 Å². The summed E-state index contributed by atoms with van der Waals surface area (Å²) in [4.78, 5) is 0. The van der Waals surface area contributed by atoms with E-state index in [-0.39, 0.29) is 10.9 Å². The largest absolute Gasteiger partial charge is 0.267 e. The number of rotatable bonds is 17. The number of hydrogen-bond donors (Lipinski definition) is 0. The number of thioether (sulfide) groups is 1. The molecule has 152 valence electrons. The fourth-order valence-electron chi connectivity index (χ4n) is 2.71. The van der Waals surface area contributed by atoms with Crippen LogP contribution in [0.25, 0.3) is 0 Å². The zero-order valence-corrected chi connectivity index (χ0v) is 18.2. The Kier molecular flexibility index (Phi) is 13.0. The van der Waals surface area contributed by atoms with Crippen molar-refractivity contribution in [3.05, 3.63) is 0 Å². The lowest BCUT2D eigenvalue weighted by molar-refractivity contribution is 0.480. The summed E-state index contributed by atoms with van der Waals surface area (Å²) in [7, 11) is -3.35. The first kappa shape index (κ1) is 23.4. The van der Waals surface area contributed by atoms with Crippen molar-refractivity contribution in [2.45, 2.75) is 96.2 Å². The van der Waals surface area contributed by atoms with Crippen molar-refractivity contribution in [2.24, 2.45) is 0 Å². The van der Waals surface area contributed by atoms with Gasteiger partial charge in [0.2, 0.25) is 9.84 Å². The van der Waals surface area contributed by atoms with Crippen LogP contribution < -0.4 is 0 Å². The minimum Gasteiger partial charge on any atom is -0.220 e. The van der Waals surface area contributed by atoms with Crippen LogP contribution in [0.5, 0.6) is 0 Å². The van der Waals surface area contributed by atoms with Gasteiger partial charge in [-0.1, -0.05) is 63.9 Å². The number of hydrogen-bond acceptors (Lipinski definition) is 6. The third-order valence-corrected chi connectivity index (χ3v) is 7.17. The van der Waals surface area contributed by atoms with Crippen molar-refractivity contribution in [3.63, 3.8) is 0 Å². The molecule has 0 aromatic carbocycles. The van der Waals surface area contributed by atoms with Gasteiger partial charge in [0, 0.05) is 6.54 Å². The molecule has 0 aliphatic rings. The Morgan fingerprint density at radius 2 is 1.46 bits per heavy atom. The number of tetrazole rings is 1. The summed E-state index contributed by atoms with van der Waals surface area (Å²) in [5.41, 5.74) is 0. The van der Waals surface area contributed by atoms with Crippen LogP contribution in [0.15, 0.2) is 5.16 Å². The molecular formula is C18H36N4O2S2. The van der Waals surface area contributed by atoms with E-state index in [1.54, 1.807) is 0 Å². The molecule has 0 aliphatic heterocycles. The fourth-order valence-corrected chi connectivity index (χ4v) is 5.20. The average Bonchev–Trinajstić information content (AvgIpc) is 3.10. The van der Waals surface area contributed by atoms with Crippen molar-refractivity contribution < 1.29 is 8.42 Å². The zero-order chi connectivity index (χ0) is 19.1. The molecular weight excluding hydrogens is 368 g/mol. The topological polar surface area (TPSA) is 77.7 Å². The van der Waals surface area contributed by atoms with Gasteiger partial charge < -0.3 is 0 Å². The Morgan fingerprint density at radius 3 is 2.15 bits per heavy atom. The Bertz CT molecular complexity index is 561. The van der Waals surface area contributed by atoms with Gasteiger partial charge in [0.25, 0.3) is 5.16 Å². The van der Waals surface area contributed by atoms with E-state index in [2.05, 4.69) is 34.2 Å². The van der Waals surface area contributed by atoms with E-state index in [1.165, 1.54) is 61.1 Å². The second-order valence-corrected chi connectivity index (χ2v) is 10.0. The van der Waals surface area contributed by atoms with E-state index in [4.69, 9.17) is 0 Å². The Morgan fingerprint density at radius 1 is 0.846 bits per heavy atom. The third-order valence-electron chi connectivity index (χ3n) is 4.34. The Hall–Kier alpha value is -0.630. The van der Waals surface area contributed by atoms with Gasteiger partial charge in [0.05, 0.1) is 5.75 Å². The van der Waals surface area contributed by atoms with Crippen molar-refractivity contribution in [2.75, 3.05) is 17.3 Å². The van der Waals surface area contributed by atoms with Crippen LogP contribution in [-0.4, -0.2) is 45.9 Å². The van der Waals surface area contributed by atoms with Crippen LogP contribution in [0.4, 0.5) is 0 Å². The first-order chi connectivity index (χ1) is 12.6. The molecule has 1 rings (SSSR count).